The molecule has 2 rings (SSSR count). The summed E-state index contributed by atoms with van der Waals surface area (Å²) >= 11 is 0. The minimum absolute atomic E-state index is 0.285. The summed E-state index contributed by atoms with van der Waals surface area (Å²) < 4.78 is 1.63. The first-order valence-corrected chi connectivity index (χ1v) is 3.75. The van der Waals surface area contributed by atoms with Gasteiger partial charge in [-0.15, -0.1) is 0 Å². The Morgan fingerprint density at radius 2 is 2.17 bits per heavy atom. The molecule has 0 unspecified atom stereocenters. The van der Waals surface area contributed by atoms with Gasteiger partial charge in [0.1, 0.15) is 24.1 Å². The van der Waals surface area contributed by atoms with Gasteiger partial charge in [0, 0.05) is 12.4 Å². The molecule has 0 bridgehead atoms. The number of aromatic nitrogens is 2. The summed E-state index contributed by atoms with van der Waals surface area (Å²) in [6, 6.07) is 0. The third-order valence-electron chi connectivity index (χ3n) is 2.11. The van der Waals surface area contributed by atoms with Crippen LogP contribution in [0.3, 0.4) is 0 Å². The number of aliphatic hydroxyl groups excluding tert-OH is 3. The molecule has 1 aliphatic rings. The first kappa shape index (κ1) is 7.72. The highest BCUT2D eigenvalue weighted by atomic mass is 16.4. The molecule has 5 heteroatoms. The topological polar surface area (TPSA) is 78.5 Å². The zero-order valence-electron chi connectivity index (χ0n) is 6.33. The number of imidazole rings is 1. The zero-order chi connectivity index (χ0) is 8.72. The van der Waals surface area contributed by atoms with E-state index in [4.69, 9.17) is 0 Å². The Kier molecular flexibility index (Phi) is 1.64. The van der Waals surface area contributed by atoms with E-state index in [-0.39, 0.29) is 6.54 Å². The number of hydrogen-bond donors (Lipinski definition) is 3. The van der Waals surface area contributed by atoms with Crippen LogP contribution in [0.15, 0.2) is 12.4 Å². The molecule has 3 atom stereocenters. The highest BCUT2D eigenvalue weighted by Crippen LogP contribution is 2.23. The lowest BCUT2D eigenvalue weighted by Crippen LogP contribution is -2.41. The highest BCUT2D eigenvalue weighted by Gasteiger charge is 2.33. The van der Waals surface area contributed by atoms with E-state index in [9.17, 15) is 15.3 Å². The molecule has 0 saturated heterocycles. The number of hydrogen-bond acceptors (Lipinski definition) is 4. The van der Waals surface area contributed by atoms with E-state index in [1.54, 1.807) is 10.8 Å². The number of nitrogens with zero attached hydrogens (tertiary/aromatic N) is 2. The van der Waals surface area contributed by atoms with Crippen molar-refractivity contribution in [3.8, 4) is 0 Å². The van der Waals surface area contributed by atoms with E-state index in [0.29, 0.717) is 5.82 Å². The monoisotopic (exact) mass is 170 g/mol. The molecule has 5 nitrogen and oxygen atoms in total. The van der Waals surface area contributed by atoms with Gasteiger partial charge in [0.05, 0.1) is 6.54 Å². The van der Waals surface area contributed by atoms with Gasteiger partial charge in [0.25, 0.3) is 0 Å². The molecular formula is C7H10N2O3. The second-order valence-electron chi connectivity index (χ2n) is 2.94. The van der Waals surface area contributed by atoms with E-state index in [2.05, 4.69) is 4.98 Å². The summed E-state index contributed by atoms with van der Waals surface area (Å²) in [6.45, 7) is 0.285. The van der Waals surface area contributed by atoms with Crippen molar-refractivity contribution in [2.75, 3.05) is 0 Å². The van der Waals surface area contributed by atoms with Crippen LogP contribution in [0, 0.1) is 0 Å². The van der Waals surface area contributed by atoms with Gasteiger partial charge in [-0.25, -0.2) is 4.98 Å². The summed E-state index contributed by atoms with van der Waals surface area (Å²) in [4.78, 5) is 3.86. The molecule has 2 heterocycles. The Bertz CT molecular complexity index is 286. The maximum Gasteiger partial charge on any atom is 0.140 e. The maximum absolute atomic E-state index is 9.40. The van der Waals surface area contributed by atoms with Crippen LogP contribution in [-0.4, -0.2) is 37.1 Å². The second-order valence-corrected chi connectivity index (χ2v) is 2.94. The van der Waals surface area contributed by atoms with Gasteiger partial charge in [-0.2, -0.15) is 0 Å². The molecule has 3 N–H and O–H groups in total. The Balaban J connectivity index is 2.39. The lowest BCUT2D eigenvalue weighted by molar-refractivity contribution is -0.0854. The van der Waals surface area contributed by atoms with Crippen LogP contribution in [0.25, 0.3) is 0 Å². The lowest BCUT2D eigenvalue weighted by atomic mass is 10.0. The van der Waals surface area contributed by atoms with Gasteiger partial charge in [0.15, 0.2) is 0 Å². The Labute approximate surface area is 68.9 Å². The minimum Gasteiger partial charge on any atom is -0.388 e. The first-order valence-electron chi connectivity index (χ1n) is 3.75. The molecule has 66 valence electrons. The van der Waals surface area contributed by atoms with Gasteiger partial charge in [0.2, 0.25) is 0 Å². The highest BCUT2D eigenvalue weighted by molar-refractivity contribution is 5.04. The van der Waals surface area contributed by atoms with Crippen molar-refractivity contribution in [2.45, 2.75) is 24.9 Å². The van der Waals surface area contributed by atoms with Crippen LogP contribution in [0.5, 0.6) is 0 Å². The van der Waals surface area contributed by atoms with Crippen molar-refractivity contribution in [3.05, 3.63) is 18.2 Å². The minimum atomic E-state index is -1.13. The van der Waals surface area contributed by atoms with E-state index in [1.807, 2.05) is 0 Å². The predicted molar refractivity (Wildman–Crippen MR) is 39.2 cm³/mol. The molecule has 1 aliphatic heterocycles. The first-order chi connectivity index (χ1) is 5.70. The summed E-state index contributed by atoms with van der Waals surface area (Å²) in [7, 11) is 0. The fourth-order valence-corrected chi connectivity index (χ4v) is 1.41. The molecule has 12 heavy (non-hydrogen) atoms. The van der Waals surface area contributed by atoms with Crippen LogP contribution in [0.2, 0.25) is 0 Å². The number of fused-ring (bicyclic) bond motifs is 1. The SMILES string of the molecule is O[C@H]1[C@@H](O)Cn2ccnc2[C@@H]1O. The predicted octanol–water partition coefficient (Wildman–Crippen LogP) is -1.35. The quantitative estimate of drug-likeness (QED) is 0.450. The zero-order valence-corrected chi connectivity index (χ0v) is 6.33. The maximum atomic E-state index is 9.40. The normalized spacial score (nSPS) is 34.8. The average Bonchev–Trinajstić information content (AvgIpc) is 2.48. The summed E-state index contributed by atoms with van der Waals surface area (Å²) in [6.07, 6.45) is 0.0714. The Morgan fingerprint density at radius 3 is 2.92 bits per heavy atom. The number of rotatable bonds is 0. The van der Waals surface area contributed by atoms with Crippen LogP contribution >= 0.6 is 0 Å². The lowest BCUT2D eigenvalue weighted by Gasteiger charge is -2.28. The standard InChI is InChI=1S/C7H10N2O3/c10-4-3-9-2-1-8-7(9)6(12)5(4)11/h1-2,4-6,10-12H,3H2/t4-,5-,6+/m0/s1. The van der Waals surface area contributed by atoms with Gasteiger partial charge in [-0.3, -0.25) is 0 Å². The number of aliphatic hydroxyl groups is 3. The van der Waals surface area contributed by atoms with Gasteiger partial charge < -0.3 is 19.9 Å². The fourth-order valence-electron chi connectivity index (χ4n) is 1.41. The summed E-state index contributed by atoms with van der Waals surface area (Å²) in [5.41, 5.74) is 0. The fraction of sp³-hybridized carbons (Fsp3) is 0.571. The third kappa shape index (κ3) is 0.945. The molecule has 0 fully saturated rings. The van der Waals surface area contributed by atoms with Crippen LogP contribution < -0.4 is 0 Å². The molecule has 0 amide bonds. The summed E-state index contributed by atoms with van der Waals surface area (Å²) in [5.74, 6) is 0.410. The molecule has 0 aromatic carbocycles. The van der Waals surface area contributed by atoms with Crippen molar-refractivity contribution >= 4 is 0 Å². The van der Waals surface area contributed by atoms with Crippen molar-refractivity contribution in [2.24, 2.45) is 0 Å². The van der Waals surface area contributed by atoms with Crippen LogP contribution in [0.4, 0.5) is 0 Å². The smallest absolute Gasteiger partial charge is 0.140 e. The van der Waals surface area contributed by atoms with E-state index in [1.165, 1.54) is 6.20 Å². The summed E-state index contributed by atoms with van der Waals surface area (Å²) in [5, 5.41) is 27.9. The van der Waals surface area contributed by atoms with Gasteiger partial charge in [-0.05, 0) is 0 Å². The third-order valence-corrected chi connectivity index (χ3v) is 2.11. The van der Waals surface area contributed by atoms with Crippen LogP contribution in [-0.2, 0) is 6.54 Å². The van der Waals surface area contributed by atoms with E-state index in [0.717, 1.165) is 0 Å². The van der Waals surface area contributed by atoms with Crippen LogP contribution in [0.1, 0.15) is 11.9 Å². The molecule has 0 radical (unpaired) electrons. The largest absolute Gasteiger partial charge is 0.388 e. The van der Waals surface area contributed by atoms with E-state index >= 15 is 0 Å². The van der Waals surface area contributed by atoms with Gasteiger partial charge >= 0.3 is 0 Å². The average molecular weight is 170 g/mol. The molecule has 0 saturated carbocycles. The van der Waals surface area contributed by atoms with Crippen molar-refractivity contribution in [1.82, 2.24) is 9.55 Å². The molecule has 1 aromatic heterocycles. The van der Waals surface area contributed by atoms with Crippen molar-refractivity contribution < 1.29 is 15.3 Å². The van der Waals surface area contributed by atoms with E-state index < -0.39 is 18.3 Å². The molecule has 1 aromatic rings. The Hall–Kier alpha value is -0.910. The van der Waals surface area contributed by atoms with Crippen molar-refractivity contribution in [3.63, 3.8) is 0 Å². The Morgan fingerprint density at radius 1 is 1.42 bits per heavy atom. The molecule has 0 aliphatic carbocycles. The van der Waals surface area contributed by atoms with Gasteiger partial charge in [-0.1, -0.05) is 0 Å². The molecule has 0 spiro atoms. The second kappa shape index (κ2) is 2.55. The molecular weight excluding hydrogens is 160 g/mol. The van der Waals surface area contributed by atoms with Crippen molar-refractivity contribution in [1.29, 1.82) is 0 Å².